The second kappa shape index (κ2) is 4.89. The van der Waals surface area contributed by atoms with Gasteiger partial charge in [-0.25, -0.2) is 8.42 Å². The third kappa shape index (κ3) is 2.95. The maximum atomic E-state index is 11.3. The van der Waals surface area contributed by atoms with Crippen molar-refractivity contribution in [1.29, 1.82) is 0 Å². The summed E-state index contributed by atoms with van der Waals surface area (Å²) in [5, 5.41) is 13.7. The molecule has 2 heterocycles. The molecule has 7 nitrogen and oxygen atoms in total. The zero-order valence-electron chi connectivity index (χ0n) is 9.57. The SMILES string of the molecule is O=[N+]([O-])c1cnccc1NCC1CCS(=O)(=O)C1. The lowest BCUT2D eigenvalue weighted by Crippen LogP contribution is -2.16. The molecule has 0 radical (unpaired) electrons. The lowest BCUT2D eigenvalue weighted by molar-refractivity contribution is -0.384. The molecule has 0 saturated carbocycles. The monoisotopic (exact) mass is 271 g/mol. The van der Waals surface area contributed by atoms with Crippen molar-refractivity contribution in [3.05, 3.63) is 28.6 Å². The molecule has 0 bridgehead atoms. The summed E-state index contributed by atoms with van der Waals surface area (Å²) in [6, 6.07) is 1.52. The third-order valence-corrected chi connectivity index (χ3v) is 4.74. The Hall–Kier alpha value is -1.70. The molecule has 1 fully saturated rings. The summed E-state index contributed by atoms with van der Waals surface area (Å²) in [6.07, 6.45) is 3.24. The molecular formula is C10H13N3O4S. The maximum absolute atomic E-state index is 11.3. The van der Waals surface area contributed by atoms with E-state index >= 15 is 0 Å². The highest BCUT2D eigenvalue weighted by atomic mass is 32.2. The van der Waals surface area contributed by atoms with Gasteiger partial charge in [0.1, 0.15) is 11.9 Å². The van der Waals surface area contributed by atoms with Gasteiger partial charge in [0, 0.05) is 12.7 Å². The quantitative estimate of drug-likeness (QED) is 0.643. The highest BCUT2D eigenvalue weighted by molar-refractivity contribution is 7.91. The van der Waals surface area contributed by atoms with Crippen LogP contribution in [0.15, 0.2) is 18.5 Å². The van der Waals surface area contributed by atoms with E-state index in [1.54, 1.807) is 0 Å². The first-order valence-corrected chi connectivity index (χ1v) is 7.33. The van der Waals surface area contributed by atoms with Crippen molar-refractivity contribution in [3.8, 4) is 0 Å². The molecular weight excluding hydrogens is 258 g/mol. The fraction of sp³-hybridized carbons (Fsp3) is 0.500. The second-order valence-corrected chi connectivity index (χ2v) is 6.53. The Morgan fingerprint density at radius 3 is 2.94 bits per heavy atom. The Kier molecular flexibility index (Phi) is 3.46. The summed E-state index contributed by atoms with van der Waals surface area (Å²) < 4.78 is 22.6. The van der Waals surface area contributed by atoms with Crippen LogP contribution in [0.3, 0.4) is 0 Å². The average molecular weight is 271 g/mol. The van der Waals surface area contributed by atoms with E-state index < -0.39 is 14.8 Å². The molecule has 8 heteroatoms. The molecule has 18 heavy (non-hydrogen) atoms. The lowest BCUT2D eigenvalue weighted by Gasteiger charge is -2.10. The van der Waals surface area contributed by atoms with Crippen LogP contribution in [0.5, 0.6) is 0 Å². The molecule has 0 spiro atoms. The van der Waals surface area contributed by atoms with Gasteiger partial charge >= 0.3 is 5.69 Å². The summed E-state index contributed by atoms with van der Waals surface area (Å²) in [7, 11) is -2.91. The van der Waals surface area contributed by atoms with Crippen LogP contribution in [-0.2, 0) is 9.84 Å². The second-order valence-electron chi connectivity index (χ2n) is 4.30. The van der Waals surface area contributed by atoms with Gasteiger partial charge in [-0.2, -0.15) is 0 Å². The molecule has 2 rings (SSSR count). The third-order valence-electron chi connectivity index (χ3n) is 2.90. The Morgan fingerprint density at radius 2 is 2.33 bits per heavy atom. The topological polar surface area (TPSA) is 102 Å². The van der Waals surface area contributed by atoms with Crippen molar-refractivity contribution in [2.24, 2.45) is 5.92 Å². The number of sulfone groups is 1. The van der Waals surface area contributed by atoms with Gasteiger partial charge in [-0.15, -0.1) is 0 Å². The molecule has 1 atom stereocenters. The van der Waals surface area contributed by atoms with Crippen LogP contribution < -0.4 is 5.32 Å². The number of hydrogen-bond donors (Lipinski definition) is 1. The first-order valence-electron chi connectivity index (χ1n) is 5.50. The molecule has 1 aromatic heterocycles. The molecule has 1 aromatic rings. The normalized spacial score (nSPS) is 21.7. The number of rotatable bonds is 4. The van der Waals surface area contributed by atoms with Gasteiger partial charge in [0.15, 0.2) is 9.84 Å². The summed E-state index contributed by atoms with van der Waals surface area (Å²) in [5.41, 5.74) is 0.276. The van der Waals surface area contributed by atoms with Crippen LogP contribution in [0, 0.1) is 16.0 Å². The molecule has 1 N–H and O–H groups in total. The van der Waals surface area contributed by atoms with E-state index in [2.05, 4.69) is 10.3 Å². The van der Waals surface area contributed by atoms with E-state index in [-0.39, 0.29) is 23.1 Å². The van der Waals surface area contributed by atoms with Gasteiger partial charge in [-0.1, -0.05) is 0 Å². The smallest absolute Gasteiger partial charge is 0.310 e. The number of nitro groups is 1. The van der Waals surface area contributed by atoms with Crippen LogP contribution in [0.2, 0.25) is 0 Å². The molecule has 1 unspecified atom stereocenters. The summed E-state index contributed by atoms with van der Waals surface area (Å²) in [5.74, 6) is 0.374. The van der Waals surface area contributed by atoms with Gasteiger partial charge in [-0.3, -0.25) is 15.1 Å². The van der Waals surface area contributed by atoms with Crippen molar-refractivity contribution in [2.75, 3.05) is 23.4 Å². The van der Waals surface area contributed by atoms with E-state index in [4.69, 9.17) is 0 Å². The molecule has 1 aliphatic rings. The molecule has 0 aliphatic carbocycles. The number of nitrogens with zero attached hydrogens (tertiary/aromatic N) is 2. The minimum Gasteiger partial charge on any atom is -0.379 e. The maximum Gasteiger partial charge on any atom is 0.310 e. The minimum absolute atomic E-state index is 0.0165. The summed E-state index contributed by atoms with van der Waals surface area (Å²) >= 11 is 0. The number of pyridine rings is 1. The fourth-order valence-corrected chi connectivity index (χ4v) is 3.83. The molecule has 1 aliphatic heterocycles. The van der Waals surface area contributed by atoms with Crippen LogP contribution in [0.1, 0.15) is 6.42 Å². The number of hydrogen-bond acceptors (Lipinski definition) is 6. The number of anilines is 1. The highest BCUT2D eigenvalue weighted by Gasteiger charge is 2.28. The van der Waals surface area contributed by atoms with Gasteiger partial charge in [0.2, 0.25) is 0 Å². The molecule has 0 aromatic carbocycles. The van der Waals surface area contributed by atoms with E-state index in [0.29, 0.717) is 18.7 Å². The van der Waals surface area contributed by atoms with Gasteiger partial charge in [0.25, 0.3) is 0 Å². The Labute approximate surface area is 104 Å². The van der Waals surface area contributed by atoms with Gasteiger partial charge in [0.05, 0.1) is 16.4 Å². The van der Waals surface area contributed by atoms with Crippen molar-refractivity contribution in [1.82, 2.24) is 4.98 Å². The zero-order valence-corrected chi connectivity index (χ0v) is 10.4. The summed E-state index contributed by atoms with van der Waals surface area (Å²) in [6.45, 7) is 0.421. The Bertz CT molecular complexity index is 558. The Morgan fingerprint density at radius 1 is 1.56 bits per heavy atom. The predicted octanol–water partition coefficient (Wildman–Crippen LogP) is 0.836. The standard InChI is InChI=1S/C10H13N3O4S/c14-13(15)10-6-11-3-1-9(10)12-5-8-2-4-18(16,17)7-8/h1,3,6,8H,2,4-5,7H2,(H,11,12). The average Bonchev–Trinajstić information content (AvgIpc) is 2.66. The van der Waals surface area contributed by atoms with E-state index in [1.165, 1.54) is 18.5 Å². The number of nitrogens with one attached hydrogen (secondary N) is 1. The van der Waals surface area contributed by atoms with E-state index in [0.717, 1.165) is 0 Å². The first kappa shape index (κ1) is 12.7. The van der Waals surface area contributed by atoms with Gasteiger partial charge in [-0.05, 0) is 18.4 Å². The van der Waals surface area contributed by atoms with Gasteiger partial charge < -0.3 is 5.32 Å². The minimum atomic E-state index is -2.91. The predicted molar refractivity (Wildman–Crippen MR) is 66.1 cm³/mol. The van der Waals surface area contributed by atoms with E-state index in [9.17, 15) is 18.5 Å². The highest BCUT2D eigenvalue weighted by Crippen LogP contribution is 2.24. The number of aromatic nitrogens is 1. The van der Waals surface area contributed by atoms with Crippen LogP contribution in [0.25, 0.3) is 0 Å². The zero-order chi connectivity index (χ0) is 13.2. The van der Waals surface area contributed by atoms with Crippen LogP contribution >= 0.6 is 0 Å². The van der Waals surface area contributed by atoms with Crippen LogP contribution in [0.4, 0.5) is 11.4 Å². The Balaban J connectivity index is 2.01. The molecule has 0 amide bonds. The first-order chi connectivity index (χ1) is 8.48. The summed E-state index contributed by atoms with van der Waals surface area (Å²) in [4.78, 5) is 13.9. The van der Waals surface area contributed by atoms with Crippen molar-refractivity contribution < 1.29 is 13.3 Å². The van der Waals surface area contributed by atoms with Crippen LogP contribution in [-0.4, -0.2) is 36.4 Å². The van der Waals surface area contributed by atoms with Crippen molar-refractivity contribution in [3.63, 3.8) is 0 Å². The van der Waals surface area contributed by atoms with Crippen molar-refractivity contribution >= 4 is 21.2 Å². The fourth-order valence-electron chi connectivity index (χ4n) is 1.97. The van der Waals surface area contributed by atoms with E-state index in [1.807, 2.05) is 0 Å². The molecule has 1 saturated heterocycles. The lowest BCUT2D eigenvalue weighted by atomic mass is 10.1. The molecule has 98 valence electrons. The largest absolute Gasteiger partial charge is 0.379 e. The van der Waals surface area contributed by atoms with Crippen molar-refractivity contribution in [2.45, 2.75) is 6.42 Å².